The highest BCUT2D eigenvalue weighted by Crippen LogP contribution is 2.28. The number of rotatable bonds is 7. The summed E-state index contributed by atoms with van der Waals surface area (Å²) in [6, 6.07) is 21.5. The number of methoxy groups -OCH3 is 1. The van der Waals surface area contributed by atoms with Crippen molar-refractivity contribution in [2.75, 3.05) is 12.4 Å². The second kappa shape index (κ2) is 10.7. The molecule has 0 atom stereocenters. The molecule has 7 heteroatoms. The van der Waals surface area contributed by atoms with Gasteiger partial charge in [0.25, 0.3) is 5.91 Å². The topological polar surface area (TPSA) is 71.3 Å². The average molecular weight is 498 g/mol. The van der Waals surface area contributed by atoms with Gasteiger partial charge in [-0.3, -0.25) is 4.79 Å². The van der Waals surface area contributed by atoms with Crippen molar-refractivity contribution in [1.82, 2.24) is 0 Å². The molecule has 0 unspecified atom stereocenters. The Hall–Kier alpha value is -3.27. The molecular formula is C24H18BrClN2O3. The Morgan fingerprint density at radius 1 is 1.16 bits per heavy atom. The molecule has 0 spiro atoms. The molecule has 1 amide bonds. The van der Waals surface area contributed by atoms with E-state index in [1.165, 1.54) is 6.08 Å². The first-order valence-electron chi connectivity index (χ1n) is 9.22. The van der Waals surface area contributed by atoms with E-state index in [1.54, 1.807) is 55.6 Å². The van der Waals surface area contributed by atoms with Crippen LogP contribution in [0.3, 0.4) is 0 Å². The third-order valence-corrected chi connectivity index (χ3v) is 5.03. The number of hydrogen-bond donors (Lipinski definition) is 1. The Morgan fingerprint density at radius 2 is 1.94 bits per heavy atom. The van der Waals surface area contributed by atoms with E-state index >= 15 is 0 Å². The summed E-state index contributed by atoms with van der Waals surface area (Å²) in [7, 11) is 1.55. The largest absolute Gasteiger partial charge is 0.497 e. The molecule has 31 heavy (non-hydrogen) atoms. The predicted molar refractivity (Wildman–Crippen MR) is 125 cm³/mol. The molecule has 5 nitrogen and oxygen atoms in total. The second-order valence-corrected chi connectivity index (χ2v) is 7.81. The maximum atomic E-state index is 12.6. The van der Waals surface area contributed by atoms with Gasteiger partial charge in [-0.2, -0.15) is 5.26 Å². The summed E-state index contributed by atoms with van der Waals surface area (Å²) in [6.45, 7) is 0.265. The van der Waals surface area contributed by atoms with Crippen LogP contribution < -0.4 is 14.8 Å². The molecule has 0 fully saturated rings. The van der Waals surface area contributed by atoms with Gasteiger partial charge < -0.3 is 14.8 Å². The summed E-state index contributed by atoms with van der Waals surface area (Å²) in [6.07, 6.45) is 1.49. The van der Waals surface area contributed by atoms with Crippen molar-refractivity contribution >= 4 is 45.2 Å². The number of carbonyl (C=O) groups excluding carboxylic acids is 1. The van der Waals surface area contributed by atoms with Crippen LogP contribution in [0.15, 0.2) is 76.8 Å². The normalized spacial score (nSPS) is 10.8. The van der Waals surface area contributed by atoms with Crippen molar-refractivity contribution in [2.45, 2.75) is 6.61 Å². The van der Waals surface area contributed by atoms with Crippen LogP contribution in [0.25, 0.3) is 6.08 Å². The molecule has 3 rings (SSSR count). The van der Waals surface area contributed by atoms with E-state index in [2.05, 4.69) is 21.2 Å². The van der Waals surface area contributed by atoms with Crippen molar-refractivity contribution in [3.8, 4) is 17.6 Å². The fourth-order valence-electron chi connectivity index (χ4n) is 2.71. The third kappa shape index (κ3) is 6.35. The van der Waals surface area contributed by atoms with E-state index < -0.39 is 5.91 Å². The number of nitrogens with one attached hydrogen (secondary N) is 1. The van der Waals surface area contributed by atoms with Gasteiger partial charge >= 0.3 is 0 Å². The zero-order valence-electron chi connectivity index (χ0n) is 16.6. The van der Waals surface area contributed by atoms with Crippen LogP contribution in [0.1, 0.15) is 11.1 Å². The fraction of sp³-hybridized carbons (Fsp3) is 0.0833. The number of halogens is 2. The van der Waals surface area contributed by atoms with Gasteiger partial charge in [-0.05, 0) is 60.2 Å². The average Bonchev–Trinajstić information content (AvgIpc) is 2.78. The van der Waals surface area contributed by atoms with Crippen LogP contribution in [0.2, 0.25) is 5.02 Å². The number of nitriles is 1. The number of nitrogens with zero attached hydrogens (tertiary/aromatic N) is 1. The summed E-state index contributed by atoms with van der Waals surface area (Å²) >= 11 is 9.38. The number of ether oxygens (including phenoxy) is 2. The van der Waals surface area contributed by atoms with E-state index in [0.29, 0.717) is 27.8 Å². The minimum absolute atomic E-state index is 0.0549. The van der Waals surface area contributed by atoms with Crippen molar-refractivity contribution in [3.05, 3.63) is 92.9 Å². The molecule has 0 aliphatic heterocycles. The van der Waals surface area contributed by atoms with Gasteiger partial charge in [-0.15, -0.1) is 0 Å². The molecule has 0 saturated heterocycles. The van der Waals surface area contributed by atoms with Gasteiger partial charge in [-0.25, -0.2) is 0 Å². The lowest BCUT2D eigenvalue weighted by Gasteiger charge is -2.12. The monoisotopic (exact) mass is 496 g/mol. The Balaban J connectivity index is 1.85. The molecule has 1 N–H and O–H groups in total. The van der Waals surface area contributed by atoms with Crippen LogP contribution in [0, 0.1) is 11.3 Å². The molecule has 0 heterocycles. The van der Waals surface area contributed by atoms with E-state index in [0.717, 1.165) is 10.0 Å². The minimum Gasteiger partial charge on any atom is -0.497 e. The van der Waals surface area contributed by atoms with Crippen LogP contribution in [-0.2, 0) is 11.4 Å². The summed E-state index contributed by atoms with van der Waals surface area (Å²) in [5.74, 6) is 0.556. The maximum absolute atomic E-state index is 12.6. The molecule has 0 aliphatic carbocycles. The Bertz CT molecular complexity index is 1150. The van der Waals surface area contributed by atoms with Gasteiger partial charge in [0.05, 0.1) is 7.11 Å². The molecule has 0 radical (unpaired) electrons. The van der Waals surface area contributed by atoms with E-state index in [-0.39, 0.29) is 12.2 Å². The van der Waals surface area contributed by atoms with Crippen LogP contribution in [0.4, 0.5) is 5.69 Å². The predicted octanol–water partition coefficient (Wildman–Crippen LogP) is 6.24. The summed E-state index contributed by atoms with van der Waals surface area (Å²) in [4.78, 5) is 12.6. The number of benzene rings is 3. The smallest absolute Gasteiger partial charge is 0.266 e. The zero-order chi connectivity index (χ0) is 22.2. The number of carbonyl (C=O) groups is 1. The van der Waals surface area contributed by atoms with E-state index in [9.17, 15) is 10.1 Å². The van der Waals surface area contributed by atoms with Gasteiger partial charge in [0.2, 0.25) is 0 Å². The first-order valence-corrected chi connectivity index (χ1v) is 10.4. The molecule has 0 bridgehead atoms. The molecule has 0 aliphatic rings. The molecule has 0 saturated carbocycles. The lowest BCUT2D eigenvalue weighted by Crippen LogP contribution is -2.13. The lowest BCUT2D eigenvalue weighted by molar-refractivity contribution is -0.112. The van der Waals surface area contributed by atoms with Crippen molar-refractivity contribution in [1.29, 1.82) is 5.26 Å². The van der Waals surface area contributed by atoms with Crippen molar-refractivity contribution < 1.29 is 14.3 Å². The third-order valence-electron chi connectivity index (χ3n) is 4.27. The second-order valence-electron chi connectivity index (χ2n) is 6.45. The zero-order valence-corrected chi connectivity index (χ0v) is 18.9. The van der Waals surface area contributed by atoms with E-state index in [4.69, 9.17) is 21.1 Å². The summed E-state index contributed by atoms with van der Waals surface area (Å²) in [5, 5.41) is 12.9. The number of hydrogen-bond acceptors (Lipinski definition) is 4. The first-order chi connectivity index (χ1) is 15.0. The molecule has 3 aromatic carbocycles. The Labute approximate surface area is 194 Å². The Morgan fingerprint density at radius 3 is 2.61 bits per heavy atom. The maximum Gasteiger partial charge on any atom is 0.266 e. The molecule has 0 aromatic heterocycles. The van der Waals surface area contributed by atoms with Crippen LogP contribution >= 0.6 is 27.5 Å². The highest BCUT2D eigenvalue weighted by Gasteiger charge is 2.12. The van der Waals surface area contributed by atoms with Crippen LogP contribution in [0.5, 0.6) is 11.5 Å². The SMILES string of the molecule is COc1ccc(/C=C(\C#N)C(=O)Nc2ccc(Br)cc2)c(OCc2cccc(Cl)c2)c1. The van der Waals surface area contributed by atoms with Crippen LogP contribution in [-0.4, -0.2) is 13.0 Å². The lowest BCUT2D eigenvalue weighted by atomic mass is 10.1. The quantitative estimate of drug-likeness (QED) is 0.310. The summed E-state index contributed by atoms with van der Waals surface area (Å²) in [5.41, 5.74) is 1.99. The highest BCUT2D eigenvalue weighted by atomic mass is 79.9. The van der Waals surface area contributed by atoms with Gasteiger partial charge in [0.15, 0.2) is 0 Å². The van der Waals surface area contributed by atoms with Gasteiger partial charge in [0.1, 0.15) is 29.7 Å². The first kappa shape index (κ1) is 22.4. The number of amides is 1. The standard InChI is InChI=1S/C24H18BrClN2O3/c1-30-22-10-5-17(23(13-22)31-15-16-3-2-4-20(26)11-16)12-18(14-27)24(29)28-21-8-6-19(25)7-9-21/h2-13H,15H2,1H3,(H,28,29)/b18-12+. The minimum atomic E-state index is -0.513. The molecule has 156 valence electrons. The van der Waals surface area contributed by atoms with Gasteiger partial charge in [-0.1, -0.05) is 39.7 Å². The van der Waals surface area contributed by atoms with Crippen molar-refractivity contribution in [3.63, 3.8) is 0 Å². The molecular weight excluding hydrogens is 480 g/mol. The highest BCUT2D eigenvalue weighted by molar-refractivity contribution is 9.10. The van der Waals surface area contributed by atoms with E-state index in [1.807, 2.05) is 24.3 Å². The Kier molecular flexibility index (Phi) is 7.71. The van der Waals surface area contributed by atoms with Crippen molar-refractivity contribution in [2.24, 2.45) is 0 Å². The number of anilines is 1. The molecule has 3 aromatic rings. The fourth-order valence-corrected chi connectivity index (χ4v) is 3.19. The summed E-state index contributed by atoms with van der Waals surface area (Å²) < 4.78 is 12.1. The van der Waals surface area contributed by atoms with Gasteiger partial charge in [0, 0.05) is 26.8 Å².